The molecule has 0 aliphatic heterocycles. The van der Waals surface area contributed by atoms with Gasteiger partial charge in [0.2, 0.25) is 0 Å². The largest absolute Gasteiger partial charge is 0.135 e. The van der Waals surface area contributed by atoms with Crippen LogP contribution in [-0.4, -0.2) is 0 Å². The predicted octanol–water partition coefficient (Wildman–Crippen LogP) is 14.8. The molecular weight excluding hydrogens is 645 g/mol. The van der Waals surface area contributed by atoms with Crippen LogP contribution in [0.25, 0.3) is 97.0 Å². The lowest BCUT2D eigenvalue weighted by Crippen LogP contribution is -2.14. The van der Waals surface area contributed by atoms with Crippen LogP contribution in [0.15, 0.2) is 170 Å². The van der Waals surface area contributed by atoms with Crippen molar-refractivity contribution in [2.24, 2.45) is 0 Å². The Bertz CT molecular complexity index is 3010. The Morgan fingerprint density at radius 1 is 0.346 bits per heavy atom. The minimum absolute atomic E-state index is 0.0101. The van der Waals surface area contributed by atoms with E-state index in [1.165, 1.54) is 108 Å². The number of rotatable bonds is 3. The molecule has 0 radical (unpaired) electrons. The molecular formula is C51H34S. The molecule has 0 saturated heterocycles. The van der Waals surface area contributed by atoms with E-state index < -0.39 is 0 Å². The molecule has 0 saturated carbocycles. The van der Waals surface area contributed by atoms with Crippen LogP contribution in [0.4, 0.5) is 0 Å². The summed E-state index contributed by atoms with van der Waals surface area (Å²) in [6.45, 7) is 4.74. The van der Waals surface area contributed by atoms with Gasteiger partial charge >= 0.3 is 0 Å². The topological polar surface area (TPSA) is 0 Å². The smallest absolute Gasteiger partial charge is 0.0368 e. The zero-order valence-electron chi connectivity index (χ0n) is 29.1. The molecule has 244 valence electrons. The van der Waals surface area contributed by atoms with Crippen LogP contribution < -0.4 is 0 Å². The Balaban J connectivity index is 1.10. The lowest BCUT2D eigenvalue weighted by Gasteiger charge is -2.21. The molecule has 0 amide bonds. The van der Waals surface area contributed by atoms with Crippen molar-refractivity contribution in [2.75, 3.05) is 0 Å². The molecule has 1 aliphatic rings. The van der Waals surface area contributed by atoms with Crippen molar-refractivity contribution >= 4 is 63.8 Å². The predicted molar refractivity (Wildman–Crippen MR) is 226 cm³/mol. The quantitative estimate of drug-likeness (QED) is 0.163. The number of fused-ring (bicyclic) bond motifs is 10. The second kappa shape index (κ2) is 11.0. The standard InChI is InChI=1S/C51H34S/c1-51(2)44-23-13-12-17-35(44)42-28-43-46(30-45(42)51)52-47-29-41(34-16-6-7-18-36(34)50(43)47)31-24-26-33(27-25-31)49-39-21-10-8-19-37(39)48(32-14-4-3-5-15-32)38-20-9-11-22-40(38)49/h3-30H,1-2H3. The highest BCUT2D eigenvalue weighted by molar-refractivity contribution is 7.26. The molecule has 0 nitrogen and oxygen atoms in total. The van der Waals surface area contributed by atoms with Crippen LogP contribution in [0, 0.1) is 0 Å². The highest BCUT2D eigenvalue weighted by atomic mass is 32.1. The van der Waals surface area contributed by atoms with Gasteiger partial charge in [0.1, 0.15) is 0 Å². The fourth-order valence-electron chi connectivity index (χ4n) is 9.24. The maximum Gasteiger partial charge on any atom is 0.0368 e. The van der Waals surface area contributed by atoms with Crippen LogP contribution >= 0.6 is 11.3 Å². The first-order valence-electron chi connectivity index (χ1n) is 18.2. The van der Waals surface area contributed by atoms with E-state index in [0.29, 0.717) is 0 Å². The van der Waals surface area contributed by atoms with E-state index in [2.05, 4.69) is 184 Å². The van der Waals surface area contributed by atoms with Gasteiger partial charge in [-0.25, -0.2) is 0 Å². The molecule has 1 aromatic heterocycles. The third-order valence-corrected chi connectivity index (χ3v) is 12.8. The molecule has 0 N–H and O–H groups in total. The summed E-state index contributed by atoms with van der Waals surface area (Å²) in [5.41, 5.74) is 13.2. The van der Waals surface area contributed by atoms with Gasteiger partial charge in [0.15, 0.2) is 0 Å². The molecule has 1 aliphatic carbocycles. The van der Waals surface area contributed by atoms with Gasteiger partial charge in [-0.2, -0.15) is 0 Å². The summed E-state index contributed by atoms with van der Waals surface area (Å²) in [5, 5.41) is 10.5. The first-order valence-corrected chi connectivity index (χ1v) is 19.0. The summed E-state index contributed by atoms with van der Waals surface area (Å²) in [7, 11) is 0. The van der Waals surface area contributed by atoms with E-state index >= 15 is 0 Å². The molecule has 1 heterocycles. The second-order valence-electron chi connectivity index (χ2n) is 14.8. The minimum Gasteiger partial charge on any atom is -0.135 e. The van der Waals surface area contributed by atoms with Gasteiger partial charge in [0.05, 0.1) is 0 Å². The lowest BCUT2D eigenvalue weighted by molar-refractivity contribution is 0.661. The van der Waals surface area contributed by atoms with Gasteiger partial charge in [0.25, 0.3) is 0 Å². The van der Waals surface area contributed by atoms with Crippen molar-refractivity contribution in [2.45, 2.75) is 19.3 Å². The molecule has 0 spiro atoms. The van der Waals surface area contributed by atoms with Gasteiger partial charge in [-0.15, -0.1) is 11.3 Å². The van der Waals surface area contributed by atoms with Gasteiger partial charge in [-0.1, -0.05) is 166 Å². The summed E-state index contributed by atoms with van der Waals surface area (Å²) in [4.78, 5) is 0. The SMILES string of the molecule is CC1(C)c2ccccc2-c2cc3c(cc21)sc1cc(-c2ccc(-c4c5ccccc5c(-c5ccccc5)c5ccccc45)cc2)c2ccccc2c13. The Hall–Kier alpha value is -6.02. The summed E-state index contributed by atoms with van der Waals surface area (Å²) in [6.07, 6.45) is 0. The van der Waals surface area contributed by atoms with E-state index in [9.17, 15) is 0 Å². The van der Waals surface area contributed by atoms with E-state index in [-0.39, 0.29) is 5.41 Å². The van der Waals surface area contributed by atoms with Crippen molar-refractivity contribution in [1.82, 2.24) is 0 Å². The number of thiophene rings is 1. The zero-order valence-corrected chi connectivity index (χ0v) is 29.9. The van der Waals surface area contributed by atoms with Crippen molar-refractivity contribution in [1.29, 1.82) is 0 Å². The van der Waals surface area contributed by atoms with Crippen molar-refractivity contribution < 1.29 is 0 Å². The van der Waals surface area contributed by atoms with Gasteiger partial charge in [-0.05, 0) is 106 Å². The summed E-state index contributed by atoms with van der Waals surface area (Å²) >= 11 is 1.93. The second-order valence-corrected chi connectivity index (χ2v) is 15.9. The van der Waals surface area contributed by atoms with Gasteiger partial charge < -0.3 is 0 Å². The highest BCUT2D eigenvalue weighted by Crippen LogP contribution is 2.53. The molecule has 9 aromatic carbocycles. The Morgan fingerprint density at radius 2 is 0.865 bits per heavy atom. The van der Waals surface area contributed by atoms with Crippen LogP contribution in [0.5, 0.6) is 0 Å². The summed E-state index contributed by atoms with van der Waals surface area (Å²) in [5.74, 6) is 0. The average Bonchev–Trinajstić information content (AvgIpc) is 3.67. The normalized spacial score (nSPS) is 13.3. The van der Waals surface area contributed by atoms with E-state index in [0.717, 1.165) is 0 Å². The lowest BCUT2D eigenvalue weighted by atomic mass is 9.82. The van der Waals surface area contributed by atoms with Crippen LogP contribution in [0.1, 0.15) is 25.0 Å². The molecule has 0 unspecified atom stereocenters. The Labute approximate surface area is 307 Å². The summed E-state index contributed by atoms with van der Waals surface area (Å²) < 4.78 is 2.71. The van der Waals surface area contributed by atoms with Crippen LogP contribution in [-0.2, 0) is 5.41 Å². The van der Waals surface area contributed by atoms with Gasteiger partial charge in [0, 0.05) is 25.6 Å². The maximum atomic E-state index is 2.48. The minimum atomic E-state index is -0.0101. The monoisotopic (exact) mass is 678 g/mol. The molecule has 0 atom stereocenters. The van der Waals surface area contributed by atoms with Gasteiger partial charge in [-0.3, -0.25) is 0 Å². The molecule has 11 rings (SSSR count). The number of hydrogen-bond donors (Lipinski definition) is 0. The molecule has 1 heteroatoms. The van der Waals surface area contributed by atoms with Crippen molar-refractivity contribution in [3.63, 3.8) is 0 Å². The van der Waals surface area contributed by atoms with Crippen molar-refractivity contribution in [3.05, 3.63) is 181 Å². The van der Waals surface area contributed by atoms with Crippen molar-refractivity contribution in [3.8, 4) is 44.5 Å². The average molecular weight is 679 g/mol. The first kappa shape index (κ1) is 29.7. The summed E-state index contributed by atoms with van der Waals surface area (Å²) in [6, 6.07) is 63.3. The van der Waals surface area contributed by atoms with Crippen LogP contribution in [0.2, 0.25) is 0 Å². The van der Waals surface area contributed by atoms with E-state index in [1.807, 2.05) is 11.3 Å². The third kappa shape index (κ3) is 4.15. The Kier molecular flexibility index (Phi) is 6.27. The van der Waals surface area contributed by atoms with E-state index in [4.69, 9.17) is 0 Å². The highest BCUT2D eigenvalue weighted by Gasteiger charge is 2.35. The van der Waals surface area contributed by atoms with E-state index in [1.54, 1.807) is 0 Å². The van der Waals surface area contributed by atoms with Crippen LogP contribution in [0.3, 0.4) is 0 Å². The zero-order chi connectivity index (χ0) is 34.6. The molecule has 52 heavy (non-hydrogen) atoms. The molecule has 10 aromatic rings. The Morgan fingerprint density at radius 3 is 1.52 bits per heavy atom. The first-order chi connectivity index (χ1) is 25.6. The maximum absolute atomic E-state index is 2.48. The molecule has 0 bridgehead atoms. The number of benzene rings is 9. The third-order valence-electron chi connectivity index (χ3n) is 11.7. The molecule has 0 fully saturated rings. The fourth-order valence-corrected chi connectivity index (χ4v) is 10.4. The number of hydrogen-bond acceptors (Lipinski definition) is 1. The fraction of sp³-hybridized carbons (Fsp3) is 0.0588.